The highest BCUT2D eigenvalue weighted by molar-refractivity contribution is 6.30. The second kappa shape index (κ2) is 7.27. The van der Waals surface area contributed by atoms with Crippen LogP contribution >= 0.6 is 11.6 Å². The van der Waals surface area contributed by atoms with E-state index in [4.69, 9.17) is 21.4 Å². The van der Waals surface area contributed by atoms with Gasteiger partial charge in [0.15, 0.2) is 0 Å². The first-order valence-corrected chi connectivity index (χ1v) is 7.82. The fourth-order valence-electron chi connectivity index (χ4n) is 2.19. The lowest BCUT2D eigenvalue weighted by Gasteiger charge is -2.10. The first kappa shape index (κ1) is 16.8. The smallest absolute Gasteiger partial charge is 0.375 e. The molecular formula is C16H14ClN5O3. The number of nitrogens with zero attached hydrogens (tertiary/aromatic N) is 5. The second-order valence-electron chi connectivity index (χ2n) is 5.03. The molecule has 0 saturated carbocycles. The van der Waals surface area contributed by atoms with E-state index >= 15 is 0 Å². The van der Waals surface area contributed by atoms with Gasteiger partial charge in [0.25, 0.3) is 5.82 Å². The Morgan fingerprint density at radius 1 is 1.36 bits per heavy atom. The lowest BCUT2D eigenvalue weighted by atomic mass is 10.1. The number of aromatic nitrogens is 5. The second-order valence-corrected chi connectivity index (χ2v) is 5.47. The summed E-state index contributed by atoms with van der Waals surface area (Å²) < 4.78 is 6.93. The molecule has 9 heteroatoms. The summed E-state index contributed by atoms with van der Waals surface area (Å²) in [5.41, 5.74) is 1.91. The summed E-state index contributed by atoms with van der Waals surface area (Å²) in [6.07, 6.45) is 2.89. The van der Waals surface area contributed by atoms with Gasteiger partial charge in [-0.15, -0.1) is 5.10 Å². The number of carboxylic acid groups (broad SMARTS) is 1. The quantitative estimate of drug-likeness (QED) is 0.721. The minimum Gasteiger partial charge on any atom is -0.476 e. The van der Waals surface area contributed by atoms with Crippen LogP contribution in [-0.2, 0) is 6.54 Å². The van der Waals surface area contributed by atoms with Crippen molar-refractivity contribution in [3.8, 4) is 17.1 Å². The molecule has 1 N–H and O–H groups in total. The Hall–Kier alpha value is -3.00. The van der Waals surface area contributed by atoms with Gasteiger partial charge in [-0.25, -0.2) is 24.4 Å². The summed E-state index contributed by atoms with van der Waals surface area (Å²) in [6, 6.07) is 7.22. The molecule has 0 spiro atoms. The number of aromatic carboxylic acids is 1. The average molecular weight is 360 g/mol. The van der Waals surface area contributed by atoms with Crippen LogP contribution in [0, 0.1) is 0 Å². The zero-order valence-electron chi connectivity index (χ0n) is 13.3. The molecule has 0 aliphatic rings. The monoisotopic (exact) mass is 359 g/mol. The van der Waals surface area contributed by atoms with Crippen molar-refractivity contribution in [2.45, 2.75) is 13.5 Å². The summed E-state index contributed by atoms with van der Waals surface area (Å²) >= 11 is 6.06. The van der Waals surface area contributed by atoms with Gasteiger partial charge in [0.05, 0.1) is 25.0 Å². The predicted molar refractivity (Wildman–Crippen MR) is 89.7 cm³/mol. The van der Waals surface area contributed by atoms with Gasteiger partial charge in [0.1, 0.15) is 12.0 Å². The van der Waals surface area contributed by atoms with Crippen molar-refractivity contribution in [3.05, 3.63) is 53.3 Å². The molecule has 2 aromatic heterocycles. The normalized spacial score (nSPS) is 10.6. The van der Waals surface area contributed by atoms with Crippen molar-refractivity contribution in [1.29, 1.82) is 0 Å². The van der Waals surface area contributed by atoms with Crippen molar-refractivity contribution in [3.63, 3.8) is 0 Å². The minimum absolute atomic E-state index is 0.229. The van der Waals surface area contributed by atoms with E-state index in [2.05, 4.69) is 20.1 Å². The van der Waals surface area contributed by atoms with E-state index in [0.29, 0.717) is 28.9 Å². The third-order valence-electron chi connectivity index (χ3n) is 3.22. The Bertz CT molecular complexity index is 912. The minimum atomic E-state index is -1.18. The number of halogens is 1. The number of benzene rings is 1. The molecule has 0 saturated heterocycles. The average Bonchev–Trinajstić information content (AvgIpc) is 3.05. The highest BCUT2D eigenvalue weighted by Crippen LogP contribution is 2.28. The summed E-state index contributed by atoms with van der Waals surface area (Å²) in [4.78, 5) is 23.4. The van der Waals surface area contributed by atoms with Crippen LogP contribution in [-0.4, -0.2) is 42.4 Å². The molecule has 0 aliphatic carbocycles. The molecular weight excluding hydrogens is 346 g/mol. The molecule has 2 heterocycles. The summed E-state index contributed by atoms with van der Waals surface area (Å²) in [7, 11) is 0. The van der Waals surface area contributed by atoms with Gasteiger partial charge >= 0.3 is 5.97 Å². The number of hydrogen-bond donors (Lipinski definition) is 1. The largest absolute Gasteiger partial charge is 0.476 e. The van der Waals surface area contributed by atoms with Crippen LogP contribution in [0.5, 0.6) is 5.88 Å². The van der Waals surface area contributed by atoms with E-state index in [-0.39, 0.29) is 12.4 Å². The third kappa shape index (κ3) is 3.92. The predicted octanol–water partition coefficient (Wildman–Crippen LogP) is 2.53. The highest BCUT2D eigenvalue weighted by atomic mass is 35.5. The Kier molecular flexibility index (Phi) is 4.90. The first-order chi connectivity index (χ1) is 12.1. The Morgan fingerprint density at radius 2 is 2.20 bits per heavy atom. The van der Waals surface area contributed by atoms with Gasteiger partial charge in [-0.1, -0.05) is 23.7 Å². The zero-order chi connectivity index (χ0) is 17.8. The molecule has 0 fully saturated rings. The van der Waals surface area contributed by atoms with E-state index in [0.717, 1.165) is 5.56 Å². The molecule has 8 nitrogen and oxygen atoms in total. The maximum atomic E-state index is 10.9. The van der Waals surface area contributed by atoms with Gasteiger partial charge in [0, 0.05) is 10.6 Å². The van der Waals surface area contributed by atoms with Crippen molar-refractivity contribution in [1.82, 2.24) is 24.7 Å². The third-order valence-corrected chi connectivity index (χ3v) is 3.45. The molecule has 0 bridgehead atoms. The maximum absolute atomic E-state index is 10.9. The van der Waals surface area contributed by atoms with E-state index < -0.39 is 5.97 Å². The van der Waals surface area contributed by atoms with E-state index in [1.165, 1.54) is 11.0 Å². The number of carbonyl (C=O) groups is 1. The van der Waals surface area contributed by atoms with Crippen molar-refractivity contribution in [2.24, 2.45) is 0 Å². The molecule has 3 aromatic rings. The Balaban J connectivity index is 1.95. The number of hydrogen-bond acceptors (Lipinski definition) is 6. The van der Waals surface area contributed by atoms with Crippen molar-refractivity contribution < 1.29 is 14.6 Å². The molecule has 0 unspecified atom stereocenters. The Labute approximate surface area is 148 Å². The zero-order valence-corrected chi connectivity index (χ0v) is 14.0. The van der Waals surface area contributed by atoms with Crippen molar-refractivity contribution >= 4 is 17.6 Å². The molecule has 0 aliphatic heterocycles. The Morgan fingerprint density at radius 3 is 2.88 bits per heavy atom. The number of carboxylic acids is 1. The number of ether oxygens (including phenoxy) is 1. The van der Waals surface area contributed by atoms with E-state index in [1.54, 1.807) is 18.3 Å². The van der Waals surface area contributed by atoms with Crippen LogP contribution in [0.3, 0.4) is 0 Å². The van der Waals surface area contributed by atoms with E-state index in [9.17, 15) is 4.79 Å². The van der Waals surface area contributed by atoms with Gasteiger partial charge in [-0.05, 0) is 19.1 Å². The van der Waals surface area contributed by atoms with E-state index in [1.807, 2.05) is 19.1 Å². The molecule has 0 atom stereocenters. The summed E-state index contributed by atoms with van der Waals surface area (Å²) in [5, 5.41) is 13.3. The van der Waals surface area contributed by atoms with Crippen LogP contribution < -0.4 is 4.74 Å². The van der Waals surface area contributed by atoms with Crippen LogP contribution in [0.15, 0.2) is 36.8 Å². The lowest BCUT2D eigenvalue weighted by Crippen LogP contribution is -2.07. The molecule has 0 amide bonds. The highest BCUT2D eigenvalue weighted by Gasteiger charge is 2.14. The van der Waals surface area contributed by atoms with Crippen LogP contribution in [0.1, 0.15) is 23.2 Å². The lowest BCUT2D eigenvalue weighted by molar-refractivity contribution is 0.0683. The molecule has 25 heavy (non-hydrogen) atoms. The fraction of sp³-hybridized carbons (Fsp3) is 0.188. The maximum Gasteiger partial charge on any atom is 0.375 e. The molecule has 1 aromatic carbocycles. The van der Waals surface area contributed by atoms with Gasteiger partial charge in [-0.3, -0.25) is 0 Å². The van der Waals surface area contributed by atoms with Gasteiger partial charge in [-0.2, -0.15) is 0 Å². The molecule has 3 rings (SSSR count). The molecule has 128 valence electrons. The van der Waals surface area contributed by atoms with Crippen LogP contribution in [0.25, 0.3) is 11.3 Å². The fourth-order valence-corrected chi connectivity index (χ4v) is 2.38. The summed E-state index contributed by atoms with van der Waals surface area (Å²) in [5.74, 6) is -1.05. The SMILES string of the molecule is CCOc1ncc(Cn2cnc(C(=O)O)n2)nc1-c1cccc(Cl)c1. The summed E-state index contributed by atoms with van der Waals surface area (Å²) in [6.45, 7) is 2.54. The van der Waals surface area contributed by atoms with Crippen LogP contribution in [0.4, 0.5) is 0 Å². The van der Waals surface area contributed by atoms with Gasteiger partial charge < -0.3 is 9.84 Å². The van der Waals surface area contributed by atoms with Gasteiger partial charge in [0.2, 0.25) is 5.88 Å². The number of rotatable bonds is 6. The standard InChI is InChI=1S/C16H14ClN5O3/c1-2-25-15-13(10-4-3-5-11(17)6-10)20-12(7-18-15)8-22-9-19-14(21-22)16(23)24/h3-7,9H,2,8H2,1H3,(H,23,24). The topological polar surface area (TPSA) is 103 Å². The first-order valence-electron chi connectivity index (χ1n) is 7.44. The van der Waals surface area contributed by atoms with Crippen molar-refractivity contribution in [2.75, 3.05) is 6.61 Å². The molecule has 0 radical (unpaired) electrons. The van der Waals surface area contributed by atoms with Crippen LogP contribution in [0.2, 0.25) is 5.02 Å².